The second-order valence-electron chi connectivity index (χ2n) is 3.98. The van der Waals surface area contributed by atoms with Gasteiger partial charge in [-0.15, -0.1) is 0 Å². The summed E-state index contributed by atoms with van der Waals surface area (Å²) in [5, 5.41) is 4.95. The van der Waals surface area contributed by atoms with Gasteiger partial charge < -0.3 is 5.32 Å². The molecule has 100 valence electrons. The summed E-state index contributed by atoms with van der Waals surface area (Å²) in [5.41, 5.74) is 0.277. The fourth-order valence-corrected chi connectivity index (χ4v) is 3.76. The molecule has 0 radical (unpaired) electrons. The molecule has 0 aromatic heterocycles. The van der Waals surface area contributed by atoms with Crippen LogP contribution >= 0.6 is 59.4 Å². The smallest absolute Gasteiger partial charge is 0.251 e. The van der Waals surface area contributed by atoms with Crippen LogP contribution in [0.5, 0.6) is 0 Å². The van der Waals surface area contributed by atoms with E-state index in [4.69, 9.17) is 11.6 Å². The van der Waals surface area contributed by atoms with Crippen LogP contribution < -0.4 is 5.32 Å². The highest BCUT2D eigenvalue weighted by Crippen LogP contribution is 2.24. The molecule has 1 N–H and O–H groups in total. The zero-order chi connectivity index (χ0) is 13.8. The van der Waals surface area contributed by atoms with Crippen LogP contribution in [0.25, 0.3) is 0 Å². The summed E-state index contributed by atoms with van der Waals surface area (Å²) in [7, 11) is 0. The molecule has 0 fully saturated rings. The van der Waals surface area contributed by atoms with Crippen LogP contribution in [0.2, 0.25) is 5.02 Å². The maximum absolute atomic E-state index is 12.2. The molecule has 0 bridgehead atoms. The summed E-state index contributed by atoms with van der Waals surface area (Å²) in [5.74, 6) is -0.120. The molecule has 2 nitrogen and oxygen atoms in total. The number of alkyl halides is 2. The number of halogens is 4. The highest BCUT2D eigenvalue weighted by Gasteiger charge is 2.28. The first-order valence-electron chi connectivity index (χ1n) is 5.37. The van der Waals surface area contributed by atoms with Crippen LogP contribution in [0.3, 0.4) is 0 Å². The summed E-state index contributed by atoms with van der Waals surface area (Å²) in [6.45, 7) is 2.04. The maximum Gasteiger partial charge on any atom is 0.251 e. The predicted octanol–water partition coefficient (Wildman–Crippen LogP) is 4.77. The van der Waals surface area contributed by atoms with Gasteiger partial charge in [0.15, 0.2) is 0 Å². The molecule has 0 heterocycles. The van der Waals surface area contributed by atoms with Crippen molar-refractivity contribution < 1.29 is 4.79 Å². The van der Waals surface area contributed by atoms with Crippen LogP contribution in [0.15, 0.2) is 22.7 Å². The Morgan fingerprint density at radius 2 is 2.00 bits per heavy atom. The Kier molecular flexibility index (Phi) is 6.65. The van der Waals surface area contributed by atoms with Crippen molar-refractivity contribution in [3.63, 3.8) is 0 Å². The lowest BCUT2D eigenvalue weighted by Crippen LogP contribution is -2.51. The van der Waals surface area contributed by atoms with E-state index in [9.17, 15) is 4.79 Å². The molecule has 1 rings (SSSR count). The van der Waals surface area contributed by atoms with E-state index in [1.54, 1.807) is 18.2 Å². The summed E-state index contributed by atoms with van der Waals surface area (Å²) in [6, 6.07) is 5.17. The zero-order valence-corrected chi connectivity index (χ0v) is 15.3. The third kappa shape index (κ3) is 3.95. The van der Waals surface area contributed by atoms with Gasteiger partial charge in [0, 0.05) is 20.7 Å². The molecule has 1 amide bonds. The highest BCUT2D eigenvalue weighted by atomic mass is 79.9. The molecule has 0 aliphatic heterocycles. The number of carbonyl (C=O) groups excluding carboxylic acids is 1. The van der Waals surface area contributed by atoms with Crippen LogP contribution in [0.1, 0.15) is 23.7 Å². The van der Waals surface area contributed by atoms with Crippen LogP contribution in [0.4, 0.5) is 0 Å². The van der Waals surface area contributed by atoms with Gasteiger partial charge in [0.25, 0.3) is 5.91 Å². The fraction of sp³-hybridized carbons (Fsp3) is 0.417. The molecule has 1 aromatic carbocycles. The molecule has 0 aliphatic rings. The summed E-state index contributed by atoms with van der Waals surface area (Å²) >= 11 is 16.2. The lowest BCUT2D eigenvalue weighted by Gasteiger charge is -2.30. The van der Waals surface area contributed by atoms with Gasteiger partial charge in [-0.25, -0.2) is 0 Å². The minimum absolute atomic E-state index is 0.120. The zero-order valence-electron chi connectivity index (χ0n) is 9.77. The Balaban J connectivity index is 2.90. The number of carbonyl (C=O) groups is 1. The van der Waals surface area contributed by atoms with Crippen molar-refractivity contribution in [2.75, 3.05) is 10.7 Å². The predicted molar refractivity (Wildman–Crippen MR) is 87.2 cm³/mol. The topological polar surface area (TPSA) is 29.1 Å². The van der Waals surface area contributed by atoms with Crippen molar-refractivity contribution in [3.8, 4) is 0 Å². The highest BCUT2D eigenvalue weighted by molar-refractivity contribution is 9.10. The lowest BCUT2D eigenvalue weighted by molar-refractivity contribution is 0.0915. The van der Waals surface area contributed by atoms with Crippen LogP contribution in [-0.4, -0.2) is 22.1 Å². The molecule has 0 saturated heterocycles. The minimum atomic E-state index is -0.281. The van der Waals surface area contributed by atoms with Crippen LogP contribution in [-0.2, 0) is 0 Å². The number of amides is 1. The minimum Gasteiger partial charge on any atom is -0.345 e. The Hall–Kier alpha value is 0.420. The average Bonchev–Trinajstić information content (AvgIpc) is 2.39. The third-order valence-corrected chi connectivity index (χ3v) is 6.13. The standard InChI is InChI=1S/C12H13Br3ClNO/c1-2-12(6-13,7-14)17-11(18)8-3-4-9(15)10(16)5-8/h3-5H,2,6-7H2,1H3,(H,17,18). The molecule has 6 heteroatoms. The summed E-state index contributed by atoms with van der Waals surface area (Å²) in [4.78, 5) is 12.2. The fourth-order valence-electron chi connectivity index (χ4n) is 1.33. The van der Waals surface area contributed by atoms with Crippen molar-refractivity contribution >= 4 is 65.3 Å². The lowest BCUT2D eigenvalue weighted by atomic mass is 10.0. The van der Waals surface area contributed by atoms with Gasteiger partial charge in [0.1, 0.15) is 0 Å². The Morgan fingerprint density at radius 3 is 2.44 bits per heavy atom. The molecule has 0 aliphatic carbocycles. The van der Waals surface area contributed by atoms with Gasteiger partial charge in [-0.05, 0) is 40.5 Å². The first-order chi connectivity index (χ1) is 8.48. The average molecular weight is 462 g/mol. The monoisotopic (exact) mass is 459 g/mol. The third-order valence-electron chi connectivity index (χ3n) is 2.75. The van der Waals surface area contributed by atoms with E-state index in [2.05, 4.69) is 53.1 Å². The van der Waals surface area contributed by atoms with Crippen molar-refractivity contribution in [2.45, 2.75) is 18.9 Å². The van der Waals surface area contributed by atoms with Crippen molar-refractivity contribution in [1.82, 2.24) is 5.32 Å². The van der Waals surface area contributed by atoms with E-state index in [1.165, 1.54) is 0 Å². The van der Waals surface area contributed by atoms with Gasteiger partial charge >= 0.3 is 0 Å². The van der Waals surface area contributed by atoms with E-state index < -0.39 is 0 Å². The van der Waals surface area contributed by atoms with E-state index >= 15 is 0 Å². The molecule has 0 atom stereocenters. The first kappa shape index (κ1) is 16.5. The normalized spacial score (nSPS) is 11.4. The number of hydrogen-bond donors (Lipinski definition) is 1. The second kappa shape index (κ2) is 7.27. The molecular formula is C12H13Br3ClNO. The SMILES string of the molecule is CCC(CBr)(CBr)NC(=O)c1ccc(Br)c(Cl)c1. The van der Waals surface area contributed by atoms with Gasteiger partial charge in [-0.2, -0.15) is 0 Å². The Labute approximate surface area is 137 Å². The van der Waals surface area contributed by atoms with Crippen molar-refractivity contribution in [1.29, 1.82) is 0 Å². The van der Waals surface area contributed by atoms with Gasteiger partial charge in [0.05, 0.1) is 10.6 Å². The summed E-state index contributed by atoms with van der Waals surface area (Å²) in [6.07, 6.45) is 0.833. The summed E-state index contributed by atoms with van der Waals surface area (Å²) < 4.78 is 0.781. The Morgan fingerprint density at radius 1 is 1.39 bits per heavy atom. The Bertz CT molecular complexity index is 427. The van der Waals surface area contributed by atoms with Gasteiger partial charge in [0.2, 0.25) is 0 Å². The maximum atomic E-state index is 12.2. The quantitative estimate of drug-likeness (QED) is 0.628. The molecule has 0 saturated carbocycles. The molecule has 1 aromatic rings. The van der Waals surface area contributed by atoms with E-state index in [1.807, 2.05) is 6.92 Å². The van der Waals surface area contributed by atoms with E-state index in [-0.39, 0.29) is 11.4 Å². The number of benzene rings is 1. The molecule has 0 spiro atoms. The number of hydrogen-bond acceptors (Lipinski definition) is 1. The van der Waals surface area contributed by atoms with Gasteiger partial charge in [-0.3, -0.25) is 4.79 Å². The number of nitrogens with one attached hydrogen (secondary N) is 1. The molecule has 18 heavy (non-hydrogen) atoms. The van der Waals surface area contributed by atoms with Crippen LogP contribution in [0, 0.1) is 0 Å². The first-order valence-corrected chi connectivity index (χ1v) is 8.79. The second-order valence-corrected chi connectivity index (χ2v) is 6.37. The van der Waals surface area contributed by atoms with Crippen molar-refractivity contribution in [2.24, 2.45) is 0 Å². The number of rotatable bonds is 5. The van der Waals surface area contributed by atoms with E-state index in [0.29, 0.717) is 21.2 Å². The largest absolute Gasteiger partial charge is 0.345 e. The van der Waals surface area contributed by atoms with Crippen molar-refractivity contribution in [3.05, 3.63) is 33.3 Å². The van der Waals surface area contributed by atoms with Gasteiger partial charge in [-0.1, -0.05) is 50.4 Å². The molecule has 0 unspecified atom stereocenters. The van der Waals surface area contributed by atoms with E-state index in [0.717, 1.165) is 10.9 Å². The molecular weight excluding hydrogens is 449 g/mol.